The van der Waals surface area contributed by atoms with E-state index >= 15 is 0 Å². The third kappa shape index (κ3) is 5.23. The summed E-state index contributed by atoms with van der Waals surface area (Å²) in [6.07, 6.45) is -6.06. The van der Waals surface area contributed by atoms with Crippen LogP contribution in [-0.2, 0) is 11.3 Å². The molecule has 5 N–H and O–H groups in total. The predicted octanol–water partition coefficient (Wildman–Crippen LogP) is -1.36. The van der Waals surface area contributed by atoms with Gasteiger partial charge in [-0.2, -0.15) is 0 Å². The van der Waals surface area contributed by atoms with Gasteiger partial charge >= 0.3 is 0 Å². The van der Waals surface area contributed by atoms with Crippen LogP contribution in [0.3, 0.4) is 0 Å². The molecular weight excluding hydrogens is 252 g/mol. The maximum atomic E-state index is 9.58. The summed E-state index contributed by atoms with van der Waals surface area (Å²) in [7, 11) is 0. The van der Waals surface area contributed by atoms with Crippen LogP contribution in [0.5, 0.6) is 0 Å². The number of hydrogen-bond donors (Lipinski definition) is 5. The minimum atomic E-state index is -1.62. The van der Waals surface area contributed by atoms with Crippen LogP contribution in [0.15, 0.2) is 30.3 Å². The van der Waals surface area contributed by atoms with Gasteiger partial charge in [-0.25, -0.2) is 0 Å². The van der Waals surface area contributed by atoms with Gasteiger partial charge in [-0.1, -0.05) is 30.3 Å². The standard InChI is InChI=1S/C13H20O6/c14-6-10(15)12(17)13(18)11(16)8-19-7-9-4-2-1-3-5-9/h1-5,10-18H,6-8H2. The van der Waals surface area contributed by atoms with E-state index in [1.54, 1.807) is 0 Å². The summed E-state index contributed by atoms with van der Waals surface area (Å²) in [5.74, 6) is 0. The summed E-state index contributed by atoms with van der Waals surface area (Å²) in [5, 5.41) is 46.3. The third-order valence-electron chi connectivity index (χ3n) is 2.73. The van der Waals surface area contributed by atoms with Crippen molar-refractivity contribution in [1.82, 2.24) is 0 Å². The Balaban J connectivity index is 2.32. The molecule has 0 aliphatic rings. The van der Waals surface area contributed by atoms with Crippen LogP contribution in [0, 0.1) is 0 Å². The van der Waals surface area contributed by atoms with E-state index in [1.807, 2.05) is 30.3 Å². The Hall–Kier alpha value is -1.02. The van der Waals surface area contributed by atoms with Crippen LogP contribution in [0.1, 0.15) is 5.56 Å². The largest absolute Gasteiger partial charge is 0.394 e. The van der Waals surface area contributed by atoms with E-state index in [9.17, 15) is 15.3 Å². The van der Waals surface area contributed by atoms with Crippen LogP contribution >= 0.6 is 0 Å². The van der Waals surface area contributed by atoms with Crippen molar-refractivity contribution in [2.45, 2.75) is 31.0 Å². The van der Waals surface area contributed by atoms with Crippen LogP contribution in [0.4, 0.5) is 0 Å². The topological polar surface area (TPSA) is 110 Å². The molecule has 1 aromatic carbocycles. The summed E-state index contributed by atoms with van der Waals surface area (Å²) in [4.78, 5) is 0. The van der Waals surface area contributed by atoms with Gasteiger partial charge < -0.3 is 30.3 Å². The van der Waals surface area contributed by atoms with Gasteiger partial charge in [0.1, 0.15) is 24.4 Å². The van der Waals surface area contributed by atoms with Crippen molar-refractivity contribution in [3.8, 4) is 0 Å². The Bertz CT molecular complexity index is 344. The number of rotatable bonds is 8. The molecule has 0 aromatic heterocycles. The van der Waals surface area contributed by atoms with Gasteiger partial charge in [-0.15, -0.1) is 0 Å². The molecule has 0 aliphatic heterocycles. The lowest BCUT2D eigenvalue weighted by atomic mass is 10.0. The fraction of sp³-hybridized carbons (Fsp3) is 0.538. The van der Waals surface area contributed by atoms with E-state index in [4.69, 9.17) is 14.9 Å². The molecule has 19 heavy (non-hydrogen) atoms. The minimum absolute atomic E-state index is 0.189. The maximum absolute atomic E-state index is 9.58. The Morgan fingerprint density at radius 2 is 1.47 bits per heavy atom. The first-order chi connectivity index (χ1) is 9.06. The van der Waals surface area contributed by atoms with E-state index in [-0.39, 0.29) is 13.2 Å². The first-order valence-electron chi connectivity index (χ1n) is 6.01. The van der Waals surface area contributed by atoms with Crippen molar-refractivity contribution in [1.29, 1.82) is 0 Å². The van der Waals surface area contributed by atoms with E-state index in [0.29, 0.717) is 0 Å². The summed E-state index contributed by atoms with van der Waals surface area (Å²) in [5.41, 5.74) is 0.917. The van der Waals surface area contributed by atoms with E-state index in [0.717, 1.165) is 5.56 Å². The molecule has 0 fully saturated rings. The van der Waals surface area contributed by atoms with Crippen LogP contribution in [0.25, 0.3) is 0 Å². The van der Waals surface area contributed by atoms with Crippen molar-refractivity contribution in [3.05, 3.63) is 35.9 Å². The Morgan fingerprint density at radius 3 is 2.05 bits per heavy atom. The molecule has 6 nitrogen and oxygen atoms in total. The first-order valence-corrected chi connectivity index (χ1v) is 6.01. The molecule has 6 heteroatoms. The Morgan fingerprint density at radius 1 is 0.895 bits per heavy atom. The molecule has 0 saturated carbocycles. The SMILES string of the molecule is OCC(O)C(O)C(O)C(O)COCc1ccccc1. The van der Waals surface area contributed by atoms with E-state index in [2.05, 4.69) is 0 Å². The molecule has 108 valence electrons. The Labute approximate surface area is 111 Å². The van der Waals surface area contributed by atoms with Crippen LogP contribution in [0.2, 0.25) is 0 Å². The highest BCUT2D eigenvalue weighted by Gasteiger charge is 2.29. The molecule has 0 amide bonds. The maximum Gasteiger partial charge on any atom is 0.111 e. The second-order valence-electron chi connectivity index (χ2n) is 4.30. The van der Waals surface area contributed by atoms with Crippen molar-refractivity contribution >= 4 is 0 Å². The van der Waals surface area contributed by atoms with E-state index < -0.39 is 31.0 Å². The molecule has 1 rings (SSSR count). The molecule has 0 spiro atoms. The van der Waals surface area contributed by atoms with Crippen molar-refractivity contribution < 1.29 is 30.3 Å². The molecule has 4 unspecified atom stereocenters. The molecular formula is C13H20O6. The highest BCUT2D eigenvalue weighted by Crippen LogP contribution is 2.07. The average Bonchev–Trinajstić information content (AvgIpc) is 2.45. The van der Waals surface area contributed by atoms with Gasteiger partial charge in [0.2, 0.25) is 0 Å². The predicted molar refractivity (Wildman–Crippen MR) is 67.2 cm³/mol. The lowest BCUT2D eigenvalue weighted by Gasteiger charge is -2.25. The molecule has 0 bridgehead atoms. The number of benzene rings is 1. The molecule has 0 aliphatic carbocycles. The number of ether oxygens (including phenoxy) is 1. The number of aliphatic hydroxyl groups excluding tert-OH is 5. The first kappa shape index (κ1) is 16.0. The highest BCUT2D eigenvalue weighted by atomic mass is 16.5. The van der Waals surface area contributed by atoms with Crippen LogP contribution < -0.4 is 0 Å². The normalized spacial score (nSPS) is 17.7. The monoisotopic (exact) mass is 272 g/mol. The molecule has 4 atom stereocenters. The highest BCUT2D eigenvalue weighted by molar-refractivity contribution is 5.13. The van der Waals surface area contributed by atoms with Crippen LogP contribution in [-0.4, -0.2) is 63.2 Å². The zero-order valence-corrected chi connectivity index (χ0v) is 10.5. The van der Waals surface area contributed by atoms with Crippen molar-refractivity contribution in [3.63, 3.8) is 0 Å². The van der Waals surface area contributed by atoms with Gasteiger partial charge in [0.05, 0.1) is 19.8 Å². The molecule has 0 heterocycles. The third-order valence-corrected chi connectivity index (χ3v) is 2.73. The molecule has 0 radical (unpaired) electrons. The average molecular weight is 272 g/mol. The summed E-state index contributed by atoms with van der Waals surface area (Å²) < 4.78 is 5.20. The zero-order chi connectivity index (χ0) is 14.3. The van der Waals surface area contributed by atoms with E-state index in [1.165, 1.54) is 0 Å². The summed E-state index contributed by atoms with van der Waals surface area (Å²) >= 11 is 0. The second kappa shape index (κ2) is 8.21. The lowest BCUT2D eigenvalue weighted by Crippen LogP contribution is -2.47. The quantitative estimate of drug-likeness (QED) is 0.400. The van der Waals surface area contributed by atoms with Gasteiger partial charge in [0.25, 0.3) is 0 Å². The molecule has 0 saturated heterocycles. The number of hydrogen-bond acceptors (Lipinski definition) is 6. The number of aliphatic hydroxyl groups is 5. The van der Waals surface area contributed by atoms with Gasteiger partial charge in [-0.05, 0) is 5.56 Å². The van der Waals surface area contributed by atoms with Gasteiger partial charge in [0, 0.05) is 0 Å². The smallest absolute Gasteiger partial charge is 0.111 e. The lowest BCUT2D eigenvalue weighted by molar-refractivity contribution is -0.130. The molecule has 1 aromatic rings. The summed E-state index contributed by atoms with van der Waals surface area (Å²) in [6.45, 7) is -0.621. The summed E-state index contributed by atoms with van der Waals surface area (Å²) in [6, 6.07) is 9.28. The zero-order valence-electron chi connectivity index (χ0n) is 10.5. The van der Waals surface area contributed by atoms with Gasteiger partial charge in [-0.3, -0.25) is 0 Å². The van der Waals surface area contributed by atoms with Crippen molar-refractivity contribution in [2.75, 3.05) is 13.2 Å². The fourth-order valence-corrected chi connectivity index (χ4v) is 1.53. The van der Waals surface area contributed by atoms with Gasteiger partial charge in [0.15, 0.2) is 0 Å². The van der Waals surface area contributed by atoms with Crippen molar-refractivity contribution in [2.24, 2.45) is 0 Å². The second-order valence-corrected chi connectivity index (χ2v) is 4.30. The fourth-order valence-electron chi connectivity index (χ4n) is 1.53. The minimum Gasteiger partial charge on any atom is -0.394 e. The Kier molecular flexibility index (Phi) is 6.93.